The molecule has 34 heavy (non-hydrogen) atoms. The Morgan fingerprint density at radius 3 is 2.47 bits per heavy atom. The van der Waals surface area contributed by atoms with Crippen LogP contribution in [0.3, 0.4) is 0 Å². The number of phenolic OH excluding ortho intramolecular Hbond substituents is 2. The summed E-state index contributed by atoms with van der Waals surface area (Å²) in [6, 6.07) is 19.4. The minimum absolute atomic E-state index is 0.0780. The lowest BCUT2D eigenvalue weighted by atomic mass is 10.0. The first kappa shape index (κ1) is 22.8. The molecule has 1 heterocycles. The van der Waals surface area contributed by atoms with Gasteiger partial charge in [-0.05, 0) is 87.0 Å². The van der Waals surface area contributed by atoms with E-state index >= 15 is 0 Å². The molecule has 172 valence electrons. The molecule has 4 rings (SSSR count). The summed E-state index contributed by atoms with van der Waals surface area (Å²) in [5.74, 6) is -0.113. The minimum Gasteiger partial charge on any atom is -0.504 e. The zero-order chi connectivity index (χ0) is 24.2. The summed E-state index contributed by atoms with van der Waals surface area (Å²) in [7, 11) is 0. The number of hydrogen-bond acceptors (Lipinski definition) is 6. The SMILES string of the molecule is Cc1ccc2nc(-c3ccc(OC(C)C)cc3)cc(C(=O)N/N=C\c3ccc(O)c(O)c3)c2c1. The lowest BCUT2D eigenvalue weighted by Crippen LogP contribution is -2.18. The van der Waals surface area contributed by atoms with E-state index in [9.17, 15) is 15.0 Å². The summed E-state index contributed by atoms with van der Waals surface area (Å²) in [5, 5.41) is 23.8. The van der Waals surface area contributed by atoms with Crippen molar-refractivity contribution in [3.05, 3.63) is 83.4 Å². The molecule has 0 fully saturated rings. The summed E-state index contributed by atoms with van der Waals surface area (Å²) < 4.78 is 5.72. The fourth-order valence-corrected chi connectivity index (χ4v) is 3.50. The molecule has 1 amide bonds. The van der Waals surface area contributed by atoms with E-state index < -0.39 is 5.91 Å². The second-order valence-corrected chi connectivity index (χ2v) is 8.21. The second kappa shape index (κ2) is 9.62. The van der Waals surface area contributed by atoms with Gasteiger partial charge >= 0.3 is 0 Å². The van der Waals surface area contributed by atoms with Gasteiger partial charge in [-0.25, -0.2) is 10.4 Å². The lowest BCUT2D eigenvalue weighted by molar-refractivity contribution is 0.0956. The first-order chi connectivity index (χ1) is 16.3. The standard InChI is InChI=1S/C27H25N3O4/c1-16(2)34-20-8-6-19(7-9-20)24-14-22(21-12-17(3)4-10-23(21)29-24)27(33)30-28-15-18-5-11-25(31)26(32)13-18/h4-16,31-32H,1-3H3,(H,30,33)/b28-15-. The van der Waals surface area contributed by atoms with Gasteiger partial charge in [-0.2, -0.15) is 5.10 Å². The van der Waals surface area contributed by atoms with Crippen LogP contribution in [0, 0.1) is 6.92 Å². The van der Waals surface area contributed by atoms with Crippen molar-refractivity contribution in [2.24, 2.45) is 5.10 Å². The minimum atomic E-state index is -0.390. The van der Waals surface area contributed by atoms with E-state index in [-0.39, 0.29) is 17.6 Å². The van der Waals surface area contributed by atoms with Crippen LogP contribution in [0.25, 0.3) is 22.2 Å². The van der Waals surface area contributed by atoms with Gasteiger partial charge in [0.2, 0.25) is 0 Å². The highest BCUT2D eigenvalue weighted by molar-refractivity contribution is 6.07. The summed E-state index contributed by atoms with van der Waals surface area (Å²) in [6.45, 7) is 5.90. The Hall–Kier alpha value is -4.39. The van der Waals surface area contributed by atoms with E-state index in [0.29, 0.717) is 22.3 Å². The molecule has 0 aliphatic carbocycles. The highest BCUT2D eigenvalue weighted by Crippen LogP contribution is 2.28. The first-order valence-electron chi connectivity index (χ1n) is 10.8. The van der Waals surface area contributed by atoms with Crippen LogP contribution < -0.4 is 10.2 Å². The number of benzene rings is 3. The third-order valence-electron chi connectivity index (χ3n) is 5.11. The fourth-order valence-electron chi connectivity index (χ4n) is 3.50. The maximum atomic E-state index is 13.1. The molecule has 0 aliphatic heterocycles. The smallest absolute Gasteiger partial charge is 0.272 e. The molecule has 0 bridgehead atoms. The number of aryl methyl sites for hydroxylation is 1. The molecule has 7 heteroatoms. The second-order valence-electron chi connectivity index (χ2n) is 8.21. The largest absolute Gasteiger partial charge is 0.504 e. The number of pyridine rings is 1. The van der Waals surface area contributed by atoms with Crippen LogP contribution in [0.4, 0.5) is 0 Å². The molecule has 4 aromatic rings. The van der Waals surface area contributed by atoms with Crippen LogP contribution in [0.5, 0.6) is 17.2 Å². The Labute approximate surface area is 197 Å². The molecule has 3 aromatic carbocycles. The molecule has 0 radical (unpaired) electrons. The van der Waals surface area contributed by atoms with Crippen LogP contribution in [0.1, 0.15) is 35.3 Å². The van der Waals surface area contributed by atoms with Gasteiger partial charge < -0.3 is 14.9 Å². The average molecular weight is 456 g/mol. The fraction of sp³-hybridized carbons (Fsp3) is 0.148. The van der Waals surface area contributed by atoms with Crippen LogP contribution >= 0.6 is 0 Å². The molecule has 0 unspecified atom stereocenters. The van der Waals surface area contributed by atoms with Crippen LogP contribution in [-0.2, 0) is 0 Å². The van der Waals surface area contributed by atoms with E-state index in [1.807, 2.05) is 63.2 Å². The molecule has 0 saturated carbocycles. The van der Waals surface area contributed by atoms with Crippen molar-refractivity contribution in [2.45, 2.75) is 26.9 Å². The van der Waals surface area contributed by atoms with Crippen LogP contribution in [0.2, 0.25) is 0 Å². The predicted octanol–water partition coefficient (Wildman–Crippen LogP) is 5.17. The number of phenols is 2. The van der Waals surface area contributed by atoms with E-state index in [2.05, 4.69) is 10.5 Å². The zero-order valence-electron chi connectivity index (χ0n) is 19.1. The molecule has 0 saturated heterocycles. The number of rotatable bonds is 6. The average Bonchev–Trinajstić information content (AvgIpc) is 2.81. The number of carbonyl (C=O) groups is 1. The normalized spacial score (nSPS) is 11.3. The molecule has 0 atom stereocenters. The maximum Gasteiger partial charge on any atom is 0.272 e. The molecule has 0 spiro atoms. The van der Waals surface area contributed by atoms with E-state index in [1.165, 1.54) is 18.3 Å². The van der Waals surface area contributed by atoms with Gasteiger partial charge in [-0.15, -0.1) is 0 Å². The highest BCUT2D eigenvalue weighted by atomic mass is 16.5. The van der Waals surface area contributed by atoms with Gasteiger partial charge in [0.15, 0.2) is 11.5 Å². The van der Waals surface area contributed by atoms with E-state index in [0.717, 1.165) is 22.3 Å². The molecule has 7 nitrogen and oxygen atoms in total. The molecular weight excluding hydrogens is 430 g/mol. The number of nitrogens with zero attached hydrogens (tertiary/aromatic N) is 2. The summed E-state index contributed by atoms with van der Waals surface area (Å²) in [5.41, 5.74) is 6.73. The van der Waals surface area contributed by atoms with Crippen molar-refractivity contribution in [1.29, 1.82) is 0 Å². The number of amides is 1. The summed E-state index contributed by atoms with van der Waals surface area (Å²) in [4.78, 5) is 17.8. The monoisotopic (exact) mass is 455 g/mol. The number of nitrogens with one attached hydrogen (secondary N) is 1. The Morgan fingerprint density at radius 1 is 1.00 bits per heavy atom. The Bertz CT molecular complexity index is 1380. The Kier molecular flexibility index (Phi) is 6.45. The number of ether oxygens (including phenoxy) is 1. The van der Waals surface area contributed by atoms with E-state index in [1.54, 1.807) is 12.1 Å². The van der Waals surface area contributed by atoms with E-state index in [4.69, 9.17) is 9.72 Å². The highest BCUT2D eigenvalue weighted by Gasteiger charge is 2.14. The number of aromatic hydroxyl groups is 2. The number of aromatic nitrogens is 1. The zero-order valence-corrected chi connectivity index (χ0v) is 19.1. The quantitative estimate of drug-likeness (QED) is 0.211. The number of fused-ring (bicyclic) bond motifs is 1. The van der Waals surface area contributed by atoms with Gasteiger partial charge in [-0.3, -0.25) is 4.79 Å². The summed E-state index contributed by atoms with van der Waals surface area (Å²) >= 11 is 0. The van der Waals surface area contributed by atoms with Gasteiger partial charge in [0.1, 0.15) is 5.75 Å². The lowest BCUT2D eigenvalue weighted by Gasteiger charge is -2.12. The van der Waals surface area contributed by atoms with Crippen molar-refractivity contribution in [1.82, 2.24) is 10.4 Å². The summed E-state index contributed by atoms with van der Waals surface area (Å²) in [6.07, 6.45) is 1.47. The molecule has 1 aromatic heterocycles. The molecule has 3 N–H and O–H groups in total. The Morgan fingerprint density at radius 2 is 1.76 bits per heavy atom. The van der Waals surface area contributed by atoms with Crippen molar-refractivity contribution in [3.8, 4) is 28.5 Å². The van der Waals surface area contributed by atoms with Gasteiger partial charge in [0.05, 0.1) is 29.1 Å². The van der Waals surface area contributed by atoms with Crippen LogP contribution in [0.15, 0.2) is 71.8 Å². The first-order valence-corrected chi connectivity index (χ1v) is 10.8. The van der Waals surface area contributed by atoms with Gasteiger partial charge in [0.25, 0.3) is 5.91 Å². The van der Waals surface area contributed by atoms with Crippen molar-refractivity contribution >= 4 is 23.0 Å². The maximum absolute atomic E-state index is 13.1. The Balaban J connectivity index is 1.66. The number of hydrazone groups is 1. The molecular formula is C27H25N3O4. The van der Waals surface area contributed by atoms with Gasteiger partial charge in [0, 0.05) is 10.9 Å². The van der Waals surface area contributed by atoms with Crippen LogP contribution in [-0.4, -0.2) is 33.4 Å². The third-order valence-corrected chi connectivity index (χ3v) is 5.11. The topological polar surface area (TPSA) is 104 Å². The van der Waals surface area contributed by atoms with Crippen molar-refractivity contribution < 1.29 is 19.7 Å². The van der Waals surface area contributed by atoms with Gasteiger partial charge in [-0.1, -0.05) is 11.6 Å². The third kappa shape index (κ3) is 5.15. The predicted molar refractivity (Wildman–Crippen MR) is 133 cm³/mol. The number of carbonyl (C=O) groups excluding carboxylic acids is 1. The van der Waals surface area contributed by atoms with Crippen molar-refractivity contribution in [2.75, 3.05) is 0 Å². The number of hydrogen-bond donors (Lipinski definition) is 3. The molecule has 0 aliphatic rings. The van der Waals surface area contributed by atoms with Crippen molar-refractivity contribution in [3.63, 3.8) is 0 Å².